The predicted molar refractivity (Wildman–Crippen MR) is 101 cm³/mol. The Morgan fingerprint density at radius 2 is 1.59 bits per heavy atom. The molecular weight excluding hydrogens is 393 g/mol. The van der Waals surface area contributed by atoms with Crippen molar-refractivity contribution >= 4 is 29.1 Å². The van der Waals surface area contributed by atoms with Gasteiger partial charge < -0.3 is 5.32 Å². The van der Waals surface area contributed by atoms with Crippen LogP contribution in [0.2, 0.25) is 10.0 Å². The lowest BCUT2D eigenvalue weighted by Gasteiger charge is -2.32. The minimum absolute atomic E-state index is 0.0401. The van der Waals surface area contributed by atoms with E-state index in [4.69, 9.17) is 23.2 Å². The molecule has 0 bridgehead atoms. The van der Waals surface area contributed by atoms with E-state index in [2.05, 4.69) is 10.2 Å². The summed E-state index contributed by atoms with van der Waals surface area (Å²) in [6.07, 6.45) is 1.42. The number of hydrogen-bond donors (Lipinski definition) is 1. The Morgan fingerprint density at radius 1 is 0.926 bits per heavy atom. The van der Waals surface area contributed by atoms with E-state index < -0.39 is 11.6 Å². The van der Waals surface area contributed by atoms with Crippen LogP contribution >= 0.6 is 23.2 Å². The number of nitrogens with zero attached hydrogens (tertiary/aromatic N) is 1. The number of benzene rings is 2. The standard InChI is InChI=1S/C20H18Cl2F2N2O/c21-13-5-11(6-14(22)9-13)17-2-4-26(18-1-3-25-20(18)27)19(17)12-7-15(23)10-16(24)8-12/h5-10,17-19H,1-4H2,(H,25,27). The van der Waals surface area contributed by atoms with Gasteiger partial charge in [-0.15, -0.1) is 0 Å². The molecule has 0 spiro atoms. The Kier molecular flexibility index (Phi) is 5.10. The Hall–Kier alpha value is -1.69. The van der Waals surface area contributed by atoms with E-state index in [0.29, 0.717) is 35.1 Å². The lowest BCUT2D eigenvalue weighted by Crippen LogP contribution is -2.40. The van der Waals surface area contributed by atoms with Crippen molar-refractivity contribution in [2.24, 2.45) is 0 Å². The molecule has 2 fully saturated rings. The van der Waals surface area contributed by atoms with Crippen LogP contribution in [0, 0.1) is 11.6 Å². The quantitative estimate of drug-likeness (QED) is 0.795. The van der Waals surface area contributed by atoms with Crippen LogP contribution in [0.1, 0.15) is 35.9 Å². The summed E-state index contributed by atoms with van der Waals surface area (Å²) in [5.41, 5.74) is 1.42. The van der Waals surface area contributed by atoms with Gasteiger partial charge in [-0.25, -0.2) is 8.78 Å². The molecule has 1 N–H and O–H groups in total. The molecule has 0 aromatic heterocycles. The summed E-state index contributed by atoms with van der Waals surface area (Å²) in [5.74, 6) is -1.37. The number of amides is 1. The molecule has 0 radical (unpaired) electrons. The molecular formula is C20H18Cl2F2N2O. The molecule has 4 rings (SSSR count). The van der Waals surface area contributed by atoms with E-state index in [1.165, 1.54) is 12.1 Å². The fourth-order valence-electron chi connectivity index (χ4n) is 4.37. The van der Waals surface area contributed by atoms with Crippen LogP contribution in [0.5, 0.6) is 0 Å². The van der Waals surface area contributed by atoms with Crippen molar-refractivity contribution in [2.45, 2.75) is 30.8 Å². The minimum atomic E-state index is -0.629. The molecule has 2 aromatic carbocycles. The van der Waals surface area contributed by atoms with E-state index in [1.807, 2.05) is 12.1 Å². The maximum Gasteiger partial charge on any atom is 0.237 e. The molecule has 3 unspecified atom stereocenters. The van der Waals surface area contributed by atoms with Crippen LogP contribution in [0.4, 0.5) is 8.78 Å². The number of rotatable bonds is 3. The van der Waals surface area contributed by atoms with E-state index in [-0.39, 0.29) is 23.9 Å². The van der Waals surface area contributed by atoms with E-state index in [1.54, 1.807) is 6.07 Å². The second kappa shape index (κ2) is 7.38. The van der Waals surface area contributed by atoms with Gasteiger partial charge in [-0.3, -0.25) is 9.69 Å². The summed E-state index contributed by atoms with van der Waals surface area (Å²) in [6, 6.07) is 8.23. The lowest BCUT2D eigenvalue weighted by molar-refractivity contribution is -0.124. The summed E-state index contributed by atoms with van der Waals surface area (Å²) in [7, 11) is 0. The highest BCUT2D eigenvalue weighted by atomic mass is 35.5. The van der Waals surface area contributed by atoms with Crippen molar-refractivity contribution in [3.8, 4) is 0 Å². The zero-order valence-corrected chi connectivity index (χ0v) is 15.9. The fraction of sp³-hybridized carbons (Fsp3) is 0.350. The van der Waals surface area contributed by atoms with Gasteiger partial charge in [0, 0.05) is 41.2 Å². The van der Waals surface area contributed by atoms with Gasteiger partial charge in [0.15, 0.2) is 0 Å². The van der Waals surface area contributed by atoms with Gasteiger partial charge in [-0.05, 0) is 54.3 Å². The van der Waals surface area contributed by atoms with Crippen LogP contribution in [0.3, 0.4) is 0 Å². The maximum atomic E-state index is 13.9. The molecule has 3 atom stereocenters. The van der Waals surface area contributed by atoms with Gasteiger partial charge in [0.2, 0.25) is 5.91 Å². The van der Waals surface area contributed by atoms with Crippen LogP contribution in [-0.2, 0) is 4.79 Å². The highest BCUT2D eigenvalue weighted by Crippen LogP contribution is 2.46. The molecule has 142 valence electrons. The topological polar surface area (TPSA) is 32.3 Å². The van der Waals surface area contributed by atoms with Crippen molar-refractivity contribution in [1.29, 1.82) is 0 Å². The zero-order chi connectivity index (χ0) is 19.1. The molecule has 3 nitrogen and oxygen atoms in total. The fourth-order valence-corrected chi connectivity index (χ4v) is 4.91. The largest absolute Gasteiger partial charge is 0.355 e. The van der Waals surface area contributed by atoms with Crippen molar-refractivity contribution in [2.75, 3.05) is 13.1 Å². The molecule has 0 aliphatic carbocycles. The van der Waals surface area contributed by atoms with Crippen LogP contribution in [0.25, 0.3) is 0 Å². The van der Waals surface area contributed by atoms with Crippen LogP contribution in [0.15, 0.2) is 36.4 Å². The number of halogens is 4. The third-order valence-corrected chi connectivity index (χ3v) is 5.83. The average molecular weight is 411 g/mol. The molecule has 7 heteroatoms. The van der Waals surface area contributed by atoms with E-state index in [9.17, 15) is 13.6 Å². The number of carbonyl (C=O) groups excluding carboxylic acids is 1. The summed E-state index contributed by atoms with van der Waals surface area (Å²) in [4.78, 5) is 14.3. The SMILES string of the molecule is O=C1NCCC1N1CCC(c2cc(Cl)cc(Cl)c2)C1c1cc(F)cc(F)c1. The molecule has 0 saturated carbocycles. The van der Waals surface area contributed by atoms with Gasteiger partial charge >= 0.3 is 0 Å². The van der Waals surface area contributed by atoms with Crippen molar-refractivity contribution in [1.82, 2.24) is 10.2 Å². The highest BCUT2D eigenvalue weighted by molar-refractivity contribution is 6.34. The first-order chi connectivity index (χ1) is 12.9. The molecule has 2 saturated heterocycles. The van der Waals surface area contributed by atoms with Crippen LogP contribution < -0.4 is 5.32 Å². The van der Waals surface area contributed by atoms with Crippen LogP contribution in [-0.4, -0.2) is 29.9 Å². The Balaban J connectivity index is 1.79. The third-order valence-electron chi connectivity index (χ3n) is 5.40. The second-order valence-corrected chi connectivity index (χ2v) is 7.95. The first-order valence-electron chi connectivity index (χ1n) is 8.88. The molecule has 2 heterocycles. The van der Waals surface area contributed by atoms with Gasteiger partial charge in [0.25, 0.3) is 0 Å². The monoisotopic (exact) mass is 410 g/mol. The average Bonchev–Trinajstić information content (AvgIpc) is 3.18. The summed E-state index contributed by atoms with van der Waals surface area (Å²) >= 11 is 12.4. The van der Waals surface area contributed by atoms with Crippen molar-refractivity contribution in [3.63, 3.8) is 0 Å². The number of hydrogen-bond acceptors (Lipinski definition) is 2. The Bertz CT molecular complexity index is 852. The number of nitrogens with one attached hydrogen (secondary N) is 1. The third kappa shape index (κ3) is 3.68. The van der Waals surface area contributed by atoms with Crippen molar-refractivity contribution < 1.29 is 13.6 Å². The molecule has 2 aliphatic rings. The first-order valence-corrected chi connectivity index (χ1v) is 9.63. The molecule has 2 aliphatic heterocycles. The summed E-state index contributed by atoms with van der Waals surface area (Å²) in [6.45, 7) is 1.26. The molecule has 27 heavy (non-hydrogen) atoms. The van der Waals surface area contributed by atoms with Gasteiger partial charge in [-0.1, -0.05) is 23.2 Å². The normalized spacial score (nSPS) is 25.8. The summed E-state index contributed by atoms with van der Waals surface area (Å²) < 4.78 is 27.9. The van der Waals surface area contributed by atoms with Crippen molar-refractivity contribution in [3.05, 3.63) is 69.2 Å². The lowest BCUT2D eigenvalue weighted by atomic mass is 9.87. The van der Waals surface area contributed by atoms with Gasteiger partial charge in [-0.2, -0.15) is 0 Å². The smallest absolute Gasteiger partial charge is 0.237 e. The number of carbonyl (C=O) groups is 1. The highest BCUT2D eigenvalue weighted by Gasteiger charge is 2.43. The Labute approximate surface area is 166 Å². The predicted octanol–water partition coefficient (Wildman–Crippen LogP) is 4.69. The van der Waals surface area contributed by atoms with E-state index >= 15 is 0 Å². The maximum absolute atomic E-state index is 13.9. The molecule has 2 aromatic rings. The Morgan fingerprint density at radius 3 is 2.19 bits per heavy atom. The first kappa shape index (κ1) is 18.7. The summed E-state index contributed by atoms with van der Waals surface area (Å²) in [5, 5.41) is 3.87. The zero-order valence-electron chi connectivity index (χ0n) is 14.4. The minimum Gasteiger partial charge on any atom is -0.355 e. The number of likely N-dealkylation sites (tertiary alicyclic amines) is 1. The van der Waals surface area contributed by atoms with Gasteiger partial charge in [0.1, 0.15) is 11.6 Å². The van der Waals surface area contributed by atoms with E-state index in [0.717, 1.165) is 18.1 Å². The second-order valence-electron chi connectivity index (χ2n) is 7.08. The van der Waals surface area contributed by atoms with Gasteiger partial charge in [0.05, 0.1) is 6.04 Å². The molecule has 1 amide bonds.